The minimum Gasteiger partial charge on any atom is -0.498 e. The van der Waals surface area contributed by atoms with Gasteiger partial charge in [-0.1, -0.05) is 44.6 Å². The Morgan fingerprint density at radius 1 is 1.24 bits per heavy atom. The van der Waals surface area contributed by atoms with Crippen molar-refractivity contribution in [1.82, 2.24) is 0 Å². The van der Waals surface area contributed by atoms with Crippen molar-refractivity contribution in [2.75, 3.05) is 20.9 Å². The number of alkyl halides is 1. The minimum atomic E-state index is 0.206. The number of hydrogen-bond acceptors (Lipinski definition) is 2. The second-order valence-electron chi connectivity index (χ2n) is 3.28. The molecule has 0 radical (unpaired) electrons. The molecule has 1 atom stereocenters. The van der Waals surface area contributed by atoms with Gasteiger partial charge in [-0.25, -0.2) is 0 Å². The van der Waals surface area contributed by atoms with Gasteiger partial charge < -0.3 is 9.47 Å². The highest BCUT2D eigenvalue weighted by Crippen LogP contribution is 2.04. The number of ether oxygens (including phenoxy) is 2. The van der Waals surface area contributed by atoms with Gasteiger partial charge >= 0.3 is 0 Å². The van der Waals surface area contributed by atoms with E-state index in [0.717, 1.165) is 6.42 Å². The van der Waals surface area contributed by atoms with Crippen molar-refractivity contribution in [3.63, 3.8) is 0 Å². The lowest BCUT2D eigenvalue weighted by Gasteiger charge is -2.13. The fraction of sp³-hybridized carbons (Fsp3) is 0.571. The summed E-state index contributed by atoms with van der Waals surface area (Å²) in [5.41, 5.74) is 0. The molecule has 0 amide bonds. The van der Waals surface area contributed by atoms with Gasteiger partial charge in [0.15, 0.2) is 0 Å². The molecule has 0 aliphatic carbocycles. The lowest BCUT2D eigenvalue weighted by Crippen LogP contribution is -2.16. The predicted octanol–water partition coefficient (Wildman–Crippen LogP) is 4.05. The van der Waals surface area contributed by atoms with E-state index in [4.69, 9.17) is 9.47 Å². The zero-order chi connectivity index (χ0) is 13.4. The van der Waals surface area contributed by atoms with Gasteiger partial charge in [0.25, 0.3) is 0 Å². The first kappa shape index (κ1) is 18.3. The molecule has 0 heterocycles. The summed E-state index contributed by atoms with van der Waals surface area (Å²) < 4.78 is 20.1. The fourth-order valence-corrected chi connectivity index (χ4v) is 1.11. The van der Waals surface area contributed by atoms with E-state index >= 15 is 0 Å². The van der Waals surface area contributed by atoms with Crippen molar-refractivity contribution in [2.45, 2.75) is 32.3 Å². The summed E-state index contributed by atoms with van der Waals surface area (Å²) >= 11 is 0. The molecule has 0 bridgehead atoms. The Bertz CT molecular complexity index is 200. The third-order valence-corrected chi connectivity index (χ3v) is 2.03. The van der Waals surface area contributed by atoms with E-state index in [0.29, 0.717) is 13.8 Å². The molecular formula is C14H25FO2. The molecule has 0 fully saturated rings. The van der Waals surface area contributed by atoms with Crippen LogP contribution >= 0.6 is 0 Å². The maximum Gasteiger partial charge on any atom is 0.113 e. The number of methoxy groups -OCH3 is 1. The smallest absolute Gasteiger partial charge is 0.113 e. The van der Waals surface area contributed by atoms with E-state index in [2.05, 4.69) is 13.5 Å². The molecule has 0 aromatic rings. The van der Waals surface area contributed by atoms with Gasteiger partial charge in [0.05, 0.1) is 19.5 Å². The largest absolute Gasteiger partial charge is 0.498 e. The van der Waals surface area contributed by atoms with E-state index in [9.17, 15) is 4.39 Å². The number of hydrogen-bond donors (Lipinski definition) is 0. The van der Waals surface area contributed by atoms with Gasteiger partial charge in [0, 0.05) is 7.11 Å². The quantitative estimate of drug-likeness (QED) is 0.450. The average Bonchev–Trinajstić information content (AvgIpc) is 2.39. The number of rotatable bonds is 9. The van der Waals surface area contributed by atoms with Crippen LogP contribution in [0.3, 0.4) is 0 Å². The van der Waals surface area contributed by atoms with E-state index in [-0.39, 0.29) is 6.10 Å². The topological polar surface area (TPSA) is 18.5 Å². The molecule has 0 rings (SSSR count). The minimum absolute atomic E-state index is 0.206. The highest BCUT2D eigenvalue weighted by molar-refractivity contribution is 5.07. The number of allylic oxidation sites excluding steroid dienone is 4. The standard InChI is InChI=1S/C13H22O2.CH3F/c1-4-6-8-9-11-15-12-13(14-3)10-7-5-2;1-2/h4,6,8-9,11,13H,1,5,7,10,12H2,2-3H3;1H3/b8-6-,11-9+;. The third kappa shape index (κ3) is 14.9. The van der Waals surface area contributed by atoms with Crippen LogP contribution in [0.15, 0.2) is 37.1 Å². The number of halogens is 1. The summed E-state index contributed by atoms with van der Waals surface area (Å²) in [6, 6.07) is 0. The van der Waals surface area contributed by atoms with Crippen LogP contribution in [0.1, 0.15) is 26.2 Å². The second-order valence-corrected chi connectivity index (χ2v) is 3.28. The van der Waals surface area contributed by atoms with Crippen LogP contribution in [0.2, 0.25) is 0 Å². The number of unbranched alkanes of at least 4 members (excludes halogenated alkanes) is 1. The van der Waals surface area contributed by atoms with Crippen molar-refractivity contribution in [3.05, 3.63) is 37.1 Å². The Morgan fingerprint density at radius 3 is 2.47 bits per heavy atom. The maximum absolute atomic E-state index is 9.50. The van der Waals surface area contributed by atoms with Crippen LogP contribution in [-0.4, -0.2) is 27.0 Å². The first-order valence-corrected chi connectivity index (χ1v) is 5.81. The van der Waals surface area contributed by atoms with E-state index in [1.54, 1.807) is 19.4 Å². The Balaban J connectivity index is 0. The second kappa shape index (κ2) is 17.3. The zero-order valence-electron chi connectivity index (χ0n) is 11.2. The van der Waals surface area contributed by atoms with Crippen molar-refractivity contribution in [2.24, 2.45) is 0 Å². The molecule has 0 aliphatic rings. The summed E-state index contributed by atoms with van der Waals surface area (Å²) in [4.78, 5) is 0. The molecular weight excluding hydrogens is 219 g/mol. The molecule has 3 heteroatoms. The van der Waals surface area contributed by atoms with Crippen molar-refractivity contribution in [1.29, 1.82) is 0 Å². The maximum atomic E-state index is 9.50. The van der Waals surface area contributed by atoms with Crippen molar-refractivity contribution < 1.29 is 13.9 Å². The fourth-order valence-electron chi connectivity index (χ4n) is 1.11. The Hall–Kier alpha value is -1.09. The summed E-state index contributed by atoms with van der Waals surface area (Å²) in [6.07, 6.45) is 12.6. The molecule has 17 heavy (non-hydrogen) atoms. The molecule has 0 N–H and O–H groups in total. The van der Waals surface area contributed by atoms with E-state index < -0.39 is 0 Å². The summed E-state index contributed by atoms with van der Waals surface area (Å²) in [6.45, 7) is 6.37. The highest BCUT2D eigenvalue weighted by Gasteiger charge is 2.05. The highest BCUT2D eigenvalue weighted by atomic mass is 19.1. The molecule has 0 saturated carbocycles. The Labute approximate surface area is 105 Å². The molecule has 100 valence electrons. The van der Waals surface area contributed by atoms with Crippen LogP contribution in [0.25, 0.3) is 0 Å². The van der Waals surface area contributed by atoms with E-state index in [1.165, 1.54) is 12.8 Å². The van der Waals surface area contributed by atoms with Crippen LogP contribution in [0, 0.1) is 0 Å². The Morgan fingerprint density at radius 2 is 1.94 bits per heavy atom. The van der Waals surface area contributed by atoms with Crippen molar-refractivity contribution >= 4 is 0 Å². The summed E-state index contributed by atoms with van der Waals surface area (Å²) in [5, 5.41) is 0. The molecule has 0 saturated heterocycles. The summed E-state index contributed by atoms with van der Waals surface area (Å²) in [5.74, 6) is 0. The van der Waals surface area contributed by atoms with Crippen LogP contribution in [0.4, 0.5) is 4.39 Å². The zero-order valence-corrected chi connectivity index (χ0v) is 11.2. The molecule has 0 aromatic heterocycles. The van der Waals surface area contributed by atoms with Gasteiger partial charge in [-0.05, 0) is 12.5 Å². The van der Waals surface area contributed by atoms with Crippen molar-refractivity contribution in [3.8, 4) is 0 Å². The van der Waals surface area contributed by atoms with Crippen LogP contribution in [-0.2, 0) is 9.47 Å². The first-order chi connectivity index (χ1) is 8.35. The molecule has 0 aliphatic heterocycles. The lowest BCUT2D eigenvalue weighted by atomic mass is 10.2. The normalized spacial score (nSPS) is 12.2. The van der Waals surface area contributed by atoms with Gasteiger partial charge in [0.1, 0.15) is 6.61 Å². The molecule has 2 nitrogen and oxygen atoms in total. The monoisotopic (exact) mass is 244 g/mol. The Kier molecular flexibility index (Phi) is 18.6. The lowest BCUT2D eigenvalue weighted by molar-refractivity contribution is 0.0353. The van der Waals surface area contributed by atoms with Crippen LogP contribution < -0.4 is 0 Å². The molecule has 0 spiro atoms. The predicted molar refractivity (Wildman–Crippen MR) is 71.8 cm³/mol. The van der Waals surface area contributed by atoms with Gasteiger partial charge in [-0.3, -0.25) is 4.39 Å². The van der Waals surface area contributed by atoms with Gasteiger partial charge in [-0.15, -0.1) is 0 Å². The first-order valence-electron chi connectivity index (χ1n) is 5.81. The molecule has 1 unspecified atom stereocenters. The van der Waals surface area contributed by atoms with Gasteiger partial charge in [0.2, 0.25) is 0 Å². The molecule has 0 aromatic carbocycles. The van der Waals surface area contributed by atoms with Gasteiger partial charge in [-0.2, -0.15) is 0 Å². The summed E-state index contributed by atoms with van der Waals surface area (Å²) in [7, 11) is 2.23. The SMILES string of the molecule is C=C/C=C\C=C\OCC(CCCC)OC.CF. The average molecular weight is 244 g/mol. The van der Waals surface area contributed by atoms with E-state index in [1.807, 2.05) is 18.2 Å². The third-order valence-electron chi connectivity index (χ3n) is 2.03. The van der Waals surface area contributed by atoms with Crippen LogP contribution in [0.5, 0.6) is 0 Å².